The van der Waals surface area contributed by atoms with E-state index in [2.05, 4.69) is 39.6 Å². The molecule has 1 aliphatic rings. The van der Waals surface area contributed by atoms with Crippen molar-refractivity contribution in [2.45, 2.75) is 19.4 Å². The van der Waals surface area contributed by atoms with Crippen LogP contribution in [0.2, 0.25) is 0 Å². The molecule has 6 nitrogen and oxygen atoms in total. The van der Waals surface area contributed by atoms with Crippen LogP contribution in [0.5, 0.6) is 5.75 Å². The highest BCUT2D eigenvalue weighted by Gasteiger charge is 2.20. The van der Waals surface area contributed by atoms with Gasteiger partial charge in [0, 0.05) is 29.2 Å². The summed E-state index contributed by atoms with van der Waals surface area (Å²) in [4.78, 5) is 12.0. The fourth-order valence-corrected chi connectivity index (χ4v) is 3.62. The number of thiocarbonyl (C=S) groups is 1. The van der Waals surface area contributed by atoms with Crippen molar-refractivity contribution < 1.29 is 9.53 Å². The van der Waals surface area contributed by atoms with Crippen LogP contribution < -0.4 is 15.4 Å². The molecule has 150 valence electrons. The van der Waals surface area contributed by atoms with Crippen molar-refractivity contribution in [1.29, 1.82) is 5.26 Å². The van der Waals surface area contributed by atoms with E-state index in [4.69, 9.17) is 22.2 Å². The van der Waals surface area contributed by atoms with E-state index in [0.717, 1.165) is 41.6 Å². The first kappa shape index (κ1) is 19.7. The molecule has 0 bridgehead atoms. The van der Waals surface area contributed by atoms with Crippen molar-refractivity contribution in [2.24, 2.45) is 0 Å². The molecule has 0 atom stereocenters. The number of rotatable bonds is 7. The number of benzene rings is 2. The predicted molar refractivity (Wildman–Crippen MR) is 120 cm³/mol. The summed E-state index contributed by atoms with van der Waals surface area (Å²) in [5, 5.41) is 15.7. The van der Waals surface area contributed by atoms with Crippen molar-refractivity contribution >= 4 is 40.2 Å². The van der Waals surface area contributed by atoms with Gasteiger partial charge in [0.2, 0.25) is 0 Å². The molecule has 1 fully saturated rings. The summed E-state index contributed by atoms with van der Waals surface area (Å²) in [5.74, 6) is 0.561. The third kappa shape index (κ3) is 4.34. The van der Waals surface area contributed by atoms with Crippen LogP contribution in [0.4, 0.5) is 0 Å². The molecule has 2 N–H and O–H groups in total. The Kier molecular flexibility index (Phi) is 5.77. The maximum atomic E-state index is 12.0. The van der Waals surface area contributed by atoms with Crippen LogP contribution in [-0.4, -0.2) is 22.2 Å². The second kappa shape index (κ2) is 8.80. The van der Waals surface area contributed by atoms with Gasteiger partial charge < -0.3 is 14.6 Å². The fourth-order valence-electron chi connectivity index (χ4n) is 3.41. The van der Waals surface area contributed by atoms with Gasteiger partial charge in [-0.2, -0.15) is 5.26 Å². The number of amides is 1. The van der Waals surface area contributed by atoms with Crippen LogP contribution in [0.3, 0.4) is 0 Å². The predicted octanol–water partition coefficient (Wildman–Crippen LogP) is 3.72. The lowest BCUT2D eigenvalue weighted by atomic mass is 10.1. The van der Waals surface area contributed by atoms with Gasteiger partial charge in [0.15, 0.2) is 5.11 Å². The van der Waals surface area contributed by atoms with Gasteiger partial charge in [-0.25, -0.2) is 0 Å². The molecule has 1 aliphatic heterocycles. The van der Waals surface area contributed by atoms with Crippen molar-refractivity contribution in [2.75, 3.05) is 6.61 Å². The van der Waals surface area contributed by atoms with E-state index in [0.29, 0.717) is 23.0 Å². The smallest absolute Gasteiger partial charge is 0.273 e. The normalized spacial score (nSPS) is 14.6. The first-order valence-corrected chi connectivity index (χ1v) is 10.1. The Bertz CT molecular complexity index is 1170. The Labute approximate surface area is 179 Å². The summed E-state index contributed by atoms with van der Waals surface area (Å²) in [7, 11) is 0. The summed E-state index contributed by atoms with van der Waals surface area (Å²) < 4.78 is 7.96. The number of carbonyl (C=O) groups is 1. The molecule has 0 spiro atoms. The van der Waals surface area contributed by atoms with Gasteiger partial charge in [-0.15, -0.1) is 0 Å². The maximum Gasteiger partial charge on any atom is 0.273 e. The Morgan fingerprint density at radius 2 is 1.90 bits per heavy atom. The molecular formula is C23H20N4O2S. The minimum atomic E-state index is -0.211. The number of carbonyl (C=O) groups excluding carboxylic acids is 1. The highest BCUT2D eigenvalue weighted by Crippen LogP contribution is 2.24. The number of aromatic nitrogens is 1. The molecule has 30 heavy (non-hydrogen) atoms. The number of unbranched alkanes of at least 4 members (excludes halogenated alkanes) is 1. The van der Waals surface area contributed by atoms with Crippen LogP contribution in [0.25, 0.3) is 17.0 Å². The van der Waals surface area contributed by atoms with Crippen LogP contribution in [0.1, 0.15) is 24.0 Å². The molecular weight excluding hydrogens is 396 g/mol. The van der Waals surface area contributed by atoms with Crippen LogP contribution in [0, 0.1) is 11.3 Å². The van der Waals surface area contributed by atoms with Crippen molar-refractivity contribution in [3.8, 4) is 11.8 Å². The van der Waals surface area contributed by atoms with Gasteiger partial charge in [-0.3, -0.25) is 10.1 Å². The molecule has 3 aromatic rings. The highest BCUT2D eigenvalue weighted by molar-refractivity contribution is 7.80. The van der Waals surface area contributed by atoms with Crippen molar-refractivity contribution in [3.63, 3.8) is 0 Å². The maximum absolute atomic E-state index is 12.0. The topological polar surface area (TPSA) is 79.1 Å². The molecule has 1 aromatic heterocycles. The Morgan fingerprint density at radius 1 is 1.10 bits per heavy atom. The van der Waals surface area contributed by atoms with Gasteiger partial charge in [-0.1, -0.05) is 18.2 Å². The number of nitrogens with one attached hydrogen (secondary N) is 2. The second-order valence-corrected chi connectivity index (χ2v) is 7.36. The van der Waals surface area contributed by atoms with Gasteiger partial charge in [0.05, 0.1) is 18.2 Å². The number of hydrogen-bond acceptors (Lipinski definition) is 4. The molecule has 1 saturated heterocycles. The van der Waals surface area contributed by atoms with E-state index < -0.39 is 0 Å². The number of aryl methyl sites for hydroxylation is 1. The number of ether oxygens (including phenoxy) is 1. The van der Waals surface area contributed by atoms with Crippen LogP contribution in [-0.2, 0) is 11.3 Å². The summed E-state index contributed by atoms with van der Waals surface area (Å²) in [6.45, 7) is 1.46. The largest absolute Gasteiger partial charge is 0.494 e. The van der Waals surface area contributed by atoms with Crippen molar-refractivity contribution in [1.82, 2.24) is 15.2 Å². The van der Waals surface area contributed by atoms with Crippen molar-refractivity contribution in [3.05, 3.63) is 71.6 Å². The molecule has 2 aromatic carbocycles. The third-order valence-electron chi connectivity index (χ3n) is 4.88. The SMILES string of the molecule is N#Cc1ccc(OCCCCn2cc(/C=C3\NC(=S)NC3=O)c3ccccc32)cc1. The Morgan fingerprint density at radius 3 is 2.63 bits per heavy atom. The number of hydrogen-bond donors (Lipinski definition) is 2. The summed E-state index contributed by atoms with van der Waals surface area (Å²) >= 11 is 5.01. The molecule has 1 amide bonds. The molecule has 4 rings (SSSR count). The number of fused-ring (bicyclic) bond motifs is 1. The first-order chi connectivity index (χ1) is 14.6. The van der Waals surface area contributed by atoms with Gasteiger partial charge in [0.25, 0.3) is 5.91 Å². The average molecular weight is 417 g/mol. The van der Waals surface area contributed by atoms with E-state index in [1.807, 2.05) is 30.3 Å². The van der Waals surface area contributed by atoms with Crippen LogP contribution in [0.15, 0.2) is 60.4 Å². The van der Waals surface area contributed by atoms with E-state index in [-0.39, 0.29) is 5.91 Å². The first-order valence-electron chi connectivity index (χ1n) is 9.69. The number of nitriles is 1. The molecule has 2 heterocycles. The number of nitrogens with zero attached hydrogens (tertiary/aromatic N) is 2. The molecule has 0 aliphatic carbocycles. The zero-order valence-electron chi connectivity index (χ0n) is 16.2. The average Bonchev–Trinajstić information content (AvgIpc) is 3.27. The standard InChI is InChI=1S/C23H20N4O2S/c24-14-16-7-9-18(10-8-16)29-12-4-3-11-27-15-17(19-5-1-2-6-21(19)27)13-20-22(28)26-23(30)25-20/h1-2,5-10,13,15H,3-4,11-12H2,(H2,25,26,28,30)/b20-13-. The lowest BCUT2D eigenvalue weighted by Crippen LogP contribution is -2.21. The van der Waals surface area contributed by atoms with E-state index in [1.54, 1.807) is 12.1 Å². The molecule has 0 unspecified atom stereocenters. The molecule has 7 heteroatoms. The summed E-state index contributed by atoms with van der Waals surface area (Å²) in [5.41, 5.74) is 3.18. The van der Waals surface area contributed by atoms with Gasteiger partial charge >= 0.3 is 0 Å². The third-order valence-corrected chi connectivity index (χ3v) is 5.09. The second-order valence-electron chi connectivity index (χ2n) is 6.95. The number of para-hydroxylation sites is 1. The minimum Gasteiger partial charge on any atom is -0.494 e. The van der Waals surface area contributed by atoms with Gasteiger partial charge in [-0.05, 0) is 61.5 Å². The molecule has 0 saturated carbocycles. The summed E-state index contributed by atoms with van der Waals surface area (Å²) in [6.07, 6.45) is 5.76. The Hall–Kier alpha value is -3.63. The van der Waals surface area contributed by atoms with Gasteiger partial charge in [0.1, 0.15) is 11.4 Å². The zero-order valence-corrected chi connectivity index (χ0v) is 17.0. The Balaban J connectivity index is 1.39. The quantitative estimate of drug-likeness (QED) is 0.349. The monoisotopic (exact) mass is 416 g/mol. The fraction of sp³-hybridized carbons (Fsp3) is 0.174. The lowest BCUT2D eigenvalue weighted by molar-refractivity contribution is -0.115. The van der Waals surface area contributed by atoms with E-state index in [9.17, 15) is 4.79 Å². The van der Waals surface area contributed by atoms with E-state index in [1.165, 1.54) is 0 Å². The lowest BCUT2D eigenvalue weighted by Gasteiger charge is -2.07. The summed E-state index contributed by atoms with van der Waals surface area (Å²) in [6, 6.07) is 17.4. The zero-order chi connectivity index (χ0) is 20.9. The van der Waals surface area contributed by atoms with E-state index >= 15 is 0 Å². The molecule has 0 radical (unpaired) electrons. The highest BCUT2D eigenvalue weighted by atomic mass is 32.1. The van der Waals surface area contributed by atoms with Crippen LogP contribution >= 0.6 is 12.2 Å². The minimum absolute atomic E-state index is 0.211.